The molecule has 0 aliphatic rings. The molecule has 0 saturated heterocycles. The van der Waals surface area contributed by atoms with Crippen molar-refractivity contribution in [2.24, 2.45) is 5.73 Å². The molecule has 3 rings (SSSR count). The maximum absolute atomic E-state index is 12.5. The Morgan fingerprint density at radius 1 is 1.18 bits per heavy atom. The molecule has 3 aromatic rings. The number of nitrogens with two attached hydrogens (primary N) is 1. The highest BCUT2D eigenvalue weighted by atomic mass is 19.4. The molecule has 0 radical (unpaired) electrons. The van der Waals surface area contributed by atoms with Crippen LogP contribution in [0, 0.1) is 0 Å². The Hall–Kier alpha value is -3.40. The van der Waals surface area contributed by atoms with Crippen molar-refractivity contribution in [1.82, 2.24) is 15.1 Å². The van der Waals surface area contributed by atoms with Gasteiger partial charge in [0.1, 0.15) is 11.3 Å². The summed E-state index contributed by atoms with van der Waals surface area (Å²) in [5, 5.41) is 7.30. The van der Waals surface area contributed by atoms with Gasteiger partial charge in [0.05, 0.1) is 16.6 Å². The molecule has 28 heavy (non-hydrogen) atoms. The van der Waals surface area contributed by atoms with Crippen LogP contribution in [0.2, 0.25) is 0 Å². The molecule has 0 atom stereocenters. The molecule has 146 valence electrons. The number of hydrogen-bond donors (Lipinski definition) is 2. The second kappa shape index (κ2) is 7.31. The van der Waals surface area contributed by atoms with Gasteiger partial charge in [-0.3, -0.25) is 4.79 Å². The number of aromatic nitrogens is 2. The Balaban J connectivity index is 2.09. The van der Waals surface area contributed by atoms with E-state index in [1.807, 2.05) is 19.2 Å². The molecule has 0 saturated carbocycles. The minimum absolute atomic E-state index is 0.00707. The average Bonchev–Trinajstić information content (AvgIpc) is 3.07. The topological polar surface area (TPSA) is 99.2 Å². The van der Waals surface area contributed by atoms with Gasteiger partial charge in [-0.15, -0.1) is 0 Å². The molecule has 0 fully saturated rings. The number of esters is 1. The zero-order chi connectivity index (χ0) is 20.5. The van der Waals surface area contributed by atoms with Gasteiger partial charge in [-0.05, 0) is 36.9 Å². The molecule has 1 heterocycles. The number of rotatable bonds is 5. The van der Waals surface area contributed by atoms with Gasteiger partial charge in [0.2, 0.25) is 0 Å². The van der Waals surface area contributed by atoms with Crippen LogP contribution in [0.3, 0.4) is 0 Å². The number of primary amides is 1. The number of nitrogens with zero attached hydrogens (tertiary/aromatic N) is 2. The first kappa shape index (κ1) is 19.4. The lowest BCUT2D eigenvalue weighted by Gasteiger charge is -2.08. The predicted molar refractivity (Wildman–Crippen MR) is 94.0 cm³/mol. The largest absolute Gasteiger partial charge is 0.491 e. The molecular formula is C18H15F3N4O3. The Morgan fingerprint density at radius 3 is 2.43 bits per heavy atom. The summed E-state index contributed by atoms with van der Waals surface area (Å²) in [6.07, 6.45) is -3.79. The molecule has 0 aliphatic carbocycles. The summed E-state index contributed by atoms with van der Waals surface area (Å²) in [5.41, 5.74) is 6.95. The van der Waals surface area contributed by atoms with E-state index in [-0.39, 0.29) is 22.2 Å². The Kier molecular flexibility index (Phi) is 5.06. The van der Waals surface area contributed by atoms with Crippen molar-refractivity contribution in [2.45, 2.75) is 12.7 Å². The summed E-state index contributed by atoms with van der Waals surface area (Å²) in [6, 6.07) is 9.44. The molecule has 3 N–H and O–H groups in total. The summed E-state index contributed by atoms with van der Waals surface area (Å²) in [7, 11) is 1.81. The fourth-order valence-electron chi connectivity index (χ4n) is 2.63. The second-order valence-electron chi connectivity index (χ2n) is 5.90. The zero-order valence-electron chi connectivity index (χ0n) is 14.6. The van der Waals surface area contributed by atoms with Gasteiger partial charge < -0.3 is 15.8 Å². The van der Waals surface area contributed by atoms with E-state index in [0.717, 1.165) is 17.7 Å². The van der Waals surface area contributed by atoms with Crippen molar-refractivity contribution in [3.8, 4) is 11.4 Å². The highest BCUT2D eigenvalue weighted by molar-refractivity contribution is 6.06. The Labute approximate surface area is 156 Å². The lowest BCUT2D eigenvalue weighted by atomic mass is 10.1. The van der Waals surface area contributed by atoms with E-state index in [1.165, 1.54) is 10.9 Å². The van der Waals surface area contributed by atoms with Crippen molar-refractivity contribution >= 4 is 22.8 Å². The Bertz CT molecular complexity index is 1040. The molecule has 0 spiro atoms. The summed E-state index contributed by atoms with van der Waals surface area (Å²) < 4.78 is 43.4. The number of ether oxygens (including phenoxy) is 1. The van der Waals surface area contributed by atoms with Crippen LogP contribution in [0.15, 0.2) is 42.6 Å². The molecule has 10 heteroatoms. The van der Waals surface area contributed by atoms with E-state index in [0.29, 0.717) is 12.2 Å². The van der Waals surface area contributed by atoms with Gasteiger partial charge in [-0.1, -0.05) is 12.1 Å². The third-order valence-electron chi connectivity index (χ3n) is 3.92. The minimum atomic E-state index is -5.16. The van der Waals surface area contributed by atoms with Crippen LogP contribution in [0.5, 0.6) is 5.75 Å². The van der Waals surface area contributed by atoms with Gasteiger partial charge in [-0.25, -0.2) is 9.48 Å². The number of carbonyl (C=O) groups is 2. The van der Waals surface area contributed by atoms with Crippen molar-refractivity contribution in [3.05, 3.63) is 53.7 Å². The number of fused-ring (bicyclic) bond motifs is 1. The van der Waals surface area contributed by atoms with Crippen molar-refractivity contribution in [3.63, 3.8) is 0 Å². The van der Waals surface area contributed by atoms with E-state index in [4.69, 9.17) is 5.73 Å². The lowest BCUT2D eigenvalue weighted by Crippen LogP contribution is -2.28. The first-order chi connectivity index (χ1) is 13.2. The number of carbonyl (C=O) groups excluding carboxylic acids is 2. The first-order valence-electron chi connectivity index (χ1n) is 8.06. The molecule has 0 aliphatic heterocycles. The standard InChI is InChI=1S/C18H15F3N4O3/c1-23-8-10-2-4-11(5-3-10)25-9-13-14(28-17(27)18(19,20)21)7-6-12(16(22)26)15(13)24-25/h2-7,9,23H,8H2,1H3,(H2,22,26). The number of halogens is 3. The van der Waals surface area contributed by atoms with Crippen LogP contribution >= 0.6 is 0 Å². The van der Waals surface area contributed by atoms with E-state index in [9.17, 15) is 22.8 Å². The molecule has 0 unspecified atom stereocenters. The SMILES string of the molecule is CNCc1ccc(-n2cc3c(OC(=O)C(F)(F)F)ccc(C(N)=O)c3n2)cc1. The minimum Gasteiger partial charge on any atom is -0.419 e. The number of alkyl halides is 3. The highest BCUT2D eigenvalue weighted by Crippen LogP contribution is 2.30. The second-order valence-corrected chi connectivity index (χ2v) is 5.90. The molecular weight excluding hydrogens is 377 g/mol. The number of hydrogen-bond acceptors (Lipinski definition) is 5. The van der Waals surface area contributed by atoms with E-state index < -0.39 is 18.1 Å². The van der Waals surface area contributed by atoms with Crippen LogP contribution in [0.1, 0.15) is 15.9 Å². The summed E-state index contributed by atoms with van der Waals surface area (Å²) in [6.45, 7) is 0.657. The third-order valence-corrected chi connectivity index (χ3v) is 3.92. The smallest absolute Gasteiger partial charge is 0.419 e. The summed E-state index contributed by atoms with van der Waals surface area (Å²) in [5.74, 6) is -3.56. The normalized spacial score (nSPS) is 11.6. The lowest BCUT2D eigenvalue weighted by molar-refractivity contribution is -0.189. The molecule has 1 aromatic heterocycles. The van der Waals surface area contributed by atoms with Crippen molar-refractivity contribution < 1.29 is 27.5 Å². The molecule has 0 bridgehead atoms. The monoisotopic (exact) mass is 392 g/mol. The van der Waals surface area contributed by atoms with Gasteiger partial charge in [0.25, 0.3) is 5.91 Å². The van der Waals surface area contributed by atoms with E-state index >= 15 is 0 Å². The van der Waals surface area contributed by atoms with Gasteiger partial charge in [0.15, 0.2) is 0 Å². The molecule has 7 nitrogen and oxygen atoms in total. The maximum Gasteiger partial charge on any atom is 0.491 e. The van der Waals surface area contributed by atoms with Crippen LogP contribution < -0.4 is 15.8 Å². The van der Waals surface area contributed by atoms with Crippen LogP contribution in [-0.2, 0) is 11.3 Å². The fraction of sp³-hybridized carbons (Fsp3) is 0.167. The highest BCUT2D eigenvalue weighted by Gasteiger charge is 2.41. The summed E-state index contributed by atoms with van der Waals surface area (Å²) >= 11 is 0. The predicted octanol–water partition coefficient (Wildman–Crippen LogP) is 2.31. The molecule has 2 aromatic carbocycles. The third kappa shape index (κ3) is 3.81. The van der Waals surface area contributed by atoms with Crippen LogP contribution in [0.25, 0.3) is 16.6 Å². The first-order valence-corrected chi connectivity index (χ1v) is 8.06. The van der Waals surface area contributed by atoms with E-state index in [1.54, 1.807) is 12.1 Å². The van der Waals surface area contributed by atoms with Crippen LogP contribution in [-0.4, -0.2) is 34.9 Å². The average molecular weight is 392 g/mol. The van der Waals surface area contributed by atoms with Gasteiger partial charge >= 0.3 is 12.1 Å². The van der Waals surface area contributed by atoms with Crippen LogP contribution in [0.4, 0.5) is 13.2 Å². The van der Waals surface area contributed by atoms with Gasteiger partial charge in [-0.2, -0.15) is 18.3 Å². The zero-order valence-corrected chi connectivity index (χ0v) is 14.6. The summed E-state index contributed by atoms with van der Waals surface area (Å²) in [4.78, 5) is 22.8. The molecule has 1 amide bonds. The van der Waals surface area contributed by atoms with Crippen molar-refractivity contribution in [1.29, 1.82) is 0 Å². The number of benzene rings is 2. The maximum atomic E-state index is 12.5. The van der Waals surface area contributed by atoms with Crippen molar-refractivity contribution in [2.75, 3.05) is 7.05 Å². The van der Waals surface area contributed by atoms with Gasteiger partial charge in [0, 0.05) is 12.7 Å². The fourth-order valence-corrected chi connectivity index (χ4v) is 2.63. The number of amides is 1. The number of nitrogens with one attached hydrogen (secondary N) is 1. The quantitative estimate of drug-likeness (QED) is 0.513. The Morgan fingerprint density at radius 2 is 1.86 bits per heavy atom. The van der Waals surface area contributed by atoms with E-state index in [2.05, 4.69) is 15.2 Å².